The zero-order chi connectivity index (χ0) is 15.3. The first-order valence-corrected chi connectivity index (χ1v) is 10.6. The molecular weight excluding hydrogens is 288 g/mol. The van der Waals surface area contributed by atoms with Gasteiger partial charge in [0, 0.05) is 12.1 Å². The molecule has 0 radical (unpaired) electrons. The Kier molecular flexibility index (Phi) is 4.83. The molecule has 0 atom stereocenters. The summed E-state index contributed by atoms with van der Waals surface area (Å²) in [5.74, 6) is 1.86. The van der Waals surface area contributed by atoms with Gasteiger partial charge in [0.2, 0.25) is 0 Å². The normalized spacial score (nSPS) is 16.2. The van der Waals surface area contributed by atoms with Crippen molar-refractivity contribution in [3.05, 3.63) is 60.7 Å². The molecule has 1 fully saturated rings. The lowest BCUT2D eigenvalue weighted by atomic mass is 10.0. The quantitative estimate of drug-likeness (QED) is 0.674. The van der Waals surface area contributed by atoms with Crippen molar-refractivity contribution in [2.24, 2.45) is 0 Å². The summed E-state index contributed by atoms with van der Waals surface area (Å²) in [5, 5.41) is 0. The van der Waals surface area contributed by atoms with Crippen LogP contribution in [0, 0.1) is 0 Å². The molecule has 0 aliphatic heterocycles. The molecule has 0 bridgehead atoms. The van der Waals surface area contributed by atoms with Crippen LogP contribution in [0.25, 0.3) is 0 Å². The summed E-state index contributed by atoms with van der Waals surface area (Å²) in [6.45, 7) is 2.23. The summed E-state index contributed by atoms with van der Waals surface area (Å²) >= 11 is 0. The van der Waals surface area contributed by atoms with Crippen LogP contribution in [0.15, 0.2) is 60.7 Å². The lowest BCUT2D eigenvalue weighted by Crippen LogP contribution is -2.50. The average molecular weight is 312 g/mol. The highest BCUT2D eigenvalue weighted by atomic mass is 28.4. The van der Waals surface area contributed by atoms with Gasteiger partial charge in [-0.1, -0.05) is 55.7 Å². The molecule has 0 amide bonds. The SMILES string of the molecule is C[Si](Oc1ccccc1)(Oc1ccccc1)C1CCCCC1. The van der Waals surface area contributed by atoms with Crippen molar-refractivity contribution in [1.29, 1.82) is 0 Å². The molecule has 0 aromatic heterocycles. The fraction of sp³-hybridized carbons (Fsp3) is 0.368. The van der Waals surface area contributed by atoms with Gasteiger partial charge in [0.05, 0.1) is 0 Å². The van der Waals surface area contributed by atoms with Crippen LogP contribution in [0.5, 0.6) is 11.5 Å². The van der Waals surface area contributed by atoms with Crippen LogP contribution in [0.2, 0.25) is 12.1 Å². The minimum atomic E-state index is -2.33. The highest BCUT2D eigenvalue weighted by Crippen LogP contribution is 2.39. The van der Waals surface area contributed by atoms with Crippen molar-refractivity contribution in [2.45, 2.75) is 44.2 Å². The Hall–Kier alpha value is -1.74. The van der Waals surface area contributed by atoms with Crippen molar-refractivity contribution in [3.63, 3.8) is 0 Å². The molecule has 2 aromatic rings. The molecule has 22 heavy (non-hydrogen) atoms. The van der Waals surface area contributed by atoms with Gasteiger partial charge in [-0.05, 0) is 37.1 Å². The molecule has 0 spiro atoms. The first-order valence-electron chi connectivity index (χ1n) is 8.24. The van der Waals surface area contributed by atoms with E-state index >= 15 is 0 Å². The summed E-state index contributed by atoms with van der Waals surface area (Å²) in [7, 11) is -2.33. The third-order valence-corrected chi connectivity index (χ3v) is 7.82. The lowest BCUT2D eigenvalue weighted by Gasteiger charge is -2.36. The number of hydrogen-bond donors (Lipinski definition) is 0. The molecule has 1 saturated carbocycles. The predicted octanol–water partition coefficient (Wildman–Crippen LogP) is 5.55. The third kappa shape index (κ3) is 3.71. The van der Waals surface area contributed by atoms with E-state index in [1.165, 1.54) is 32.1 Å². The standard InChI is InChI=1S/C19H24O2Si/c1-22(19-15-9-4-10-16-19,20-17-11-5-2-6-12-17)21-18-13-7-3-8-14-18/h2-3,5-8,11-14,19H,4,9-10,15-16H2,1H3. The number of benzene rings is 2. The van der Waals surface area contributed by atoms with Crippen molar-refractivity contribution in [2.75, 3.05) is 0 Å². The van der Waals surface area contributed by atoms with Crippen LogP contribution < -0.4 is 8.85 Å². The molecule has 0 saturated heterocycles. The van der Waals surface area contributed by atoms with Gasteiger partial charge in [0.1, 0.15) is 11.5 Å². The second-order valence-electron chi connectivity index (χ2n) is 6.18. The van der Waals surface area contributed by atoms with Crippen molar-refractivity contribution >= 4 is 8.56 Å². The zero-order valence-electron chi connectivity index (χ0n) is 13.2. The zero-order valence-corrected chi connectivity index (χ0v) is 14.2. The molecule has 2 nitrogen and oxygen atoms in total. The van der Waals surface area contributed by atoms with E-state index in [1.54, 1.807) is 0 Å². The maximum atomic E-state index is 6.46. The first-order chi connectivity index (χ1) is 10.8. The number of para-hydroxylation sites is 2. The van der Waals surface area contributed by atoms with Gasteiger partial charge < -0.3 is 8.85 Å². The molecule has 3 rings (SSSR count). The Labute approximate surface area is 134 Å². The van der Waals surface area contributed by atoms with E-state index in [9.17, 15) is 0 Å². The Morgan fingerprint density at radius 1 is 0.727 bits per heavy atom. The average Bonchev–Trinajstić information content (AvgIpc) is 2.57. The second-order valence-corrected chi connectivity index (χ2v) is 9.44. The van der Waals surface area contributed by atoms with Crippen LogP contribution in [-0.2, 0) is 0 Å². The van der Waals surface area contributed by atoms with E-state index in [2.05, 4.69) is 6.55 Å². The fourth-order valence-electron chi connectivity index (χ4n) is 3.26. The highest BCUT2D eigenvalue weighted by Gasteiger charge is 2.45. The number of hydrogen-bond acceptors (Lipinski definition) is 2. The van der Waals surface area contributed by atoms with Gasteiger partial charge in [-0.15, -0.1) is 0 Å². The molecule has 0 N–H and O–H groups in total. The molecule has 0 unspecified atom stereocenters. The Morgan fingerprint density at radius 2 is 1.18 bits per heavy atom. The smallest absolute Gasteiger partial charge is 0.460 e. The first kappa shape index (κ1) is 15.2. The second kappa shape index (κ2) is 7.01. The van der Waals surface area contributed by atoms with Crippen LogP contribution in [0.1, 0.15) is 32.1 Å². The molecule has 1 aliphatic rings. The van der Waals surface area contributed by atoms with E-state index in [-0.39, 0.29) is 0 Å². The summed E-state index contributed by atoms with van der Waals surface area (Å²) in [6.07, 6.45) is 6.38. The third-order valence-electron chi connectivity index (χ3n) is 4.47. The van der Waals surface area contributed by atoms with E-state index < -0.39 is 8.56 Å². The van der Waals surface area contributed by atoms with Crippen molar-refractivity contribution in [3.8, 4) is 11.5 Å². The van der Waals surface area contributed by atoms with Gasteiger partial charge in [0.15, 0.2) is 0 Å². The van der Waals surface area contributed by atoms with Gasteiger partial charge in [-0.3, -0.25) is 0 Å². The van der Waals surface area contributed by atoms with E-state index in [0.717, 1.165) is 11.5 Å². The minimum Gasteiger partial charge on any atom is -0.512 e. The van der Waals surface area contributed by atoms with Crippen molar-refractivity contribution < 1.29 is 8.85 Å². The summed E-state index contributed by atoms with van der Waals surface area (Å²) in [5.41, 5.74) is 0.557. The van der Waals surface area contributed by atoms with E-state index in [1.807, 2.05) is 60.7 Å². The largest absolute Gasteiger partial charge is 0.512 e. The molecule has 1 aliphatic carbocycles. The van der Waals surface area contributed by atoms with Gasteiger partial charge >= 0.3 is 8.56 Å². The van der Waals surface area contributed by atoms with E-state index in [0.29, 0.717) is 5.54 Å². The van der Waals surface area contributed by atoms with Crippen LogP contribution in [-0.4, -0.2) is 8.56 Å². The topological polar surface area (TPSA) is 18.5 Å². The van der Waals surface area contributed by atoms with Crippen LogP contribution in [0.4, 0.5) is 0 Å². The van der Waals surface area contributed by atoms with Gasteiger partial charge in [-0.25, -0.2) is 0 Å². The minimum absolute atomic E-state index is 0.557. The summed E-state index contributed by atoms with van der Waals surface area (Å²) in [6, 6.07) is 20.2. The van der Waals surface area contributed by atoms with Gasteiger partial charge in [-0.2, -0.15) is 0 Å². The maximum Gasteiger partial charge on any atom is 0.460 e. The molecule has 3 heteroatoms. The molecule has 0 heterocycles. The van der Waals surface area contributed by atoms with Gasteiger partial charge in [0.25, 0.3) is 0 Å². The van der Waals surface area contributed by atoms with Crippen LogP contribution >= 0.6 is 0 Å². The summed E-state index contributed by atoms with van der Waals surface area (Å²) < 4.78 is 12.9. The molecule has 2 aromatic carbocycles. The lowest BCUT2D eigenvalue weighted by molar-refractivity contribution is 0.337. The Bertz CT molecular complexity index is 523. The Balaban J connectivity index is 1.83. The highest BCUT2D eigenvalue weighted by molar-refractivity contribution is 6.69. The van der Waals surface area contributed by atoms with Crippen LogP contribution in [0.3, 0.4) is 0 Å². The monoisotopic (exact) mass is 312 g/mol. The van der Waals surface area contributed by atoms with E-state index in [4.69, 9.17) is 8.85 Å². The maximum absolute atomic E-state index is 6.46. The molecular formula is C19H24O2Si. The Morgan fingerprint density at radius 3 is 1.64 bits per heavy atom. The fourth-order valence-corrected chi connectivity index (χ4v) is 6.30. The summed E-state index contributed by atoms with van der Waals surface area (Å²) in [4.78, 5) is 0. The number of rotatable bonds is 5. The predicted molar refractivity (Wildman–Crippen MR) is 92.6 cm³/mol. The van der Waals surface area contributed by atoms with Crippen molar-refractivity contribution in [1.82, 2.24) is 0 Å². The molecule has 116 valence electrons.